The Morgan fingerprint density at radius 1 is 1.29 bits per heavy atom. The molecule has 2 heterocycles. The van der Waals surface area contributed by atoms with Crippen LogP contribution >= 0.6 is 0 Å². The van der Waals surface area contributed by atoms with Crippen molar-refractivity contribution >= 4 is 5.82 Å². The number of nitrogens with zero attached hydrogens (tertiary/aromatic N) is 3. The fraction of sp³-hybridized carbons (Fsp3) is 0.824. The van der Waals surface area contributed by atoms with Gasteiger partial charge in [0.2, 0.25) is 0 Å². The molecule has 118 valence electrons. The quantitative estimate of drug-likeness (QED) is 0.874. The number of rotatable bonds is 6. The van der Waals surface area contributed by atoms with Gasteiger partial charge in [-0.2, -0.15) is 5.10 Å². The highest BCUT2D eigenvalue weighted by atomic mass is 15.4. The molecule has 4 heteroatoms. The molecular weight excluding hydrogens is 260 g/mol. The molecule has 1 saturated carbocycles. The molecule has 1 aliphatic heterocycles. The summed E-state index contributed by atoms with van der Waals surface area (Å²) >= 11 is 0. The number of nitrogens with one attached hydrogen (secondary N) is 1. The molecule has 0 radical (unpaired) electrons. The molecule has 0 aromatic carbocycles. The van der Waals surface area contributed by atoms with E-state index in [4.69, 9.17) is 0 Å². The standard InChI is InChI=1S/C17H30N4/c1-5-17(6-2)9-10-21(12-17)16-15(11-18-14-7-8-14)13(3)19-20(16)4/h14,18H,5-12H2,1-4H3. The molecule has 0 unspecified atom stereocenters. The fourth-order valence-electron chi connectivity index (χ4n) is 3.77. The molecule has 1 saturated heterocycles. The second kappa shape index (κ2) is 5.64. The Morgan fingerprint density at radius 2 is 2.00 bits per heavy atom. The SMILES string of the molecule is CCC1(CC)CCN(c2c(CNC3CC3)c(C)nn2C)C1. The van der Waals surface area contributed by atoms with Crippen molar-refractivity contribution in [2.45, 2.75) is 65.5 Å². The van der Waals surface area contributed by atoms with Gasteiger partial charge < -0.3 is 10.2 Å². The average molecular weight is 290 g/mol. The van der Waals surface area contributed by atoms with E-state index in [1.807, 2.05) is 0 Å². The van der Waals surface area contributed by atoms with Gasteiger partial charge in [0, 0.05) is 38.3 Å². The first kappa shape index (κ1) is 14.9. The minimum Gasteiger partial charge on any atom is -0.356 e. The van der Waals surface area contributed by atoms with Crippen molar-refractivity contribution in [3.63, 3.8) is 0 Å². The summed E-state index contributed by atoms with van der Waals surface area (Å²) in [5, 5.41) is 8.35. The third-order valence-electron chi connectivity index (χ3n) is 5.70. The fourth-order valence-corrected chi connectivity index (χ4v) is 3.77. The predicted molar refractivity (Wildman–Crippen MR) is 87.7 cm³/mol. The van der Waals surface area contributed by atoms with Crippen molar-refractivity contribution < 1.29 is 0 Å². The summed E-state index contributed by atoms with van der Waals surface area (Å²) in [6, 6.07) is 0.751. The Morgan fingerprint density at radius 3 is 2.57 bits per heavy atom. The van der Waals surface area contributed by atoms with Crippen LogP contribution in [0.15, 0.2) is 0 Å². The van der Waals surface area contributed by atoms with Gasteiger partial charge in [0.25, 0.3) is 0 Å². The lowest BCUT2D eigenvalue weighted by molar-refractivity contribution is 0.301. The van der Waals surface area contributed by atoms with Crippen molar-refractivity contribution in [3.05, 3.63) is 11.3 Å². The Labute approximate surface area is 128 Å². The monoisotopic (exact) mass is 290 g/mol. The molecule has 21 heavy (non-hydrogen) atoms. The zero-order chi connectivity index (χ0) is 15.0. The van der Waals surface area contributed by atoms with Crippen LogP contribution in [-0.4, -0.2) is 28.9 Å². The first-order chi connectivity index (χ1) is 10.1. The lowest BCUT2D eigenvalue weighted by atomic mass is 9.82. The Hall–Kier alpha value is -1.03. The predicted octanol–water partition coefficient (Wildman–Crippen LogP) is 3.00. The summed E-state index contributed by atoms with van der Waals surface area (Å²) < 4.78 is 2.10. The molecule has 2 fully saturated rings. The van der Waals surface area contributed by atoms with Gasteiger partial charge >= 0.3 is 0 Å². The summed E-state index contributed by atoms with van der Waals surface area (Å²) in [6.45, 7) is 10.2. The van der Waals surface area contributed by atoms with Crippen LogP contribution in [0.4, 0.5) is 5.82 Å². The Balaban J connectivity index is 1.80. The second-order valence-electron chi connectivity index (χ2n) is 7.05. The lowest BCUT2D eigenvalue weighted by Gasteiger charge is -2.27. The van der Waals surface area contributed by atoms with Crippen molar-refractivity contribution in [2.75, 3.05) is 18.0 Å². The highest BCUT2D eigenvalue weighted by molar-refractivity contribution is 5.51. The van der Waals surface area contributed by atoms with E-state index in [9.17, 15) is 0 Å². The third kappa shape index (κ3) is 2.83. The number of aryl methyl sites for hydroxylation is 2. The van der Waals surface area contributed by atoms with Crippen molar-refractivity contribution in [3.8, 4) is 0 Å². The first-order valence-corrected chi connectivity index (χ1v) is 8.59. The Kier molecular flexibility index (Phi) is 4.00. The van der Waals surface area contributed by atoms with Gasteiger partial charge in [-0.25, -0.2) is 0 Å². The molecule has 1 aliphatic carbocycles. The smallest absolute Gasteiger partial charge is 0.131 e. The largest absolute Gasteiger partial charge is 0.356 e. The summed E-state index contributed by atoms with van der Waals surface area (Å²) in [5.41, 5.74) is 3.11. The van der Waals surface area contributed by atoms with E-state index in [0.29, 0.717) is 5.41 Å². The number of hydrogen-bond acceptors (Lipinski definition) is 3. The lowest BCUT2D eigenvalue weighted by Crippen LogP contribution is -2.29. The number of hydrogen-bond donors (Lipinski definition) is 1. The van der Waals surface area contributed by atoms with Crippen LogP contribution < -0.4 is 10.2 Å². The molecule has 3 rings (SSSR count). The van der Waals surface area contributed by atoms with E-state index in [1.54, 1.807) is 0 Å². The summed E-state index contributed by atoms with van der Waals surface area (Å²) in [7, 11) is 2.10. The third-order valence-corrected chi connectivity index (χ3v) is 5.70. The van der Waals surface area contributed by atoms with E-state index >= 15 is 0 Å². The Bertz CT molecular complexity index is 497. The average Bonchev–Trinajstić information content (AvgIpc) is 3.13. The zero-order valence-electron chi connectivity index (χ0n) is 14.1. The van der Waals surface area contributed by atoms with Crippen LogP contribution in [0, 0.1) is 12.3 Å². The van der Waals surface area contributed by atoms with Crippen LogP contribution in [0.5, 0.6) is 0 Å². The van der Waals surface area contributed by atoms with E-state index in [2.05, 4.69) is 47.8 Å². The van der Waals surface area contributed by atoms with Crippen LogP contribution in [0.1, 0.15) is 57.2 Å². The first-order valence-electron chi connectivity index (χ1n) is 8.59. The molecule has 4 nitrogen and oxygen atoms in total. The van der Waals surface area contributed by atoms with Gasteiger partial charge in [0.05, 0.1) is 5.69 Å². The maximum atomic E-state index is 4.69. The summed E-state index contributed by atoms with van der Waals surface area (Å²) in [5.74, 6) is 1.35. The molecule has 1 aromatic rings. The van der Waals surface area contributed by atoms with Gasteiger partial charge in [-0.05, 0) is 44.4 Å². The van der Waals surface area contributed by atoms with Crippen LogP contribution in [0.25, 0.3) is 0 Å². The topological polar surface area (TPSA) is 33.1 Å². The van der Waals surface area contributed by atoms with Crippen LogP contribution in [0.2, 0.25) is 0 Å². The molecular formula is C17H30N4. The van der Waals surface area contributed by atoms with Crippen LogP contribution in [-0.2, 0) is 13.6 Å². The van der Waals surface area contributed by atoms with Crippen molar-refractivity contribution in [1.29, 1.82) is 0 Å². The summed E-state index contributed by atoms with van der Waals surface area (Å²) in [4.78, 5) is 2.58. The minimum absolute atomic E-state index is 0.513. The van der Waals surface area contributed by atoms with E-state index in [1.165, 1.54) is 62.3 Å². The highest BCUT2D eigenvalue weighted by Gasteiger charge is 2.37. The molecule has 2 aliphatic rings. The summed E-state index contributed by atoms with van der Waals surface area (Å²) in [6.07, 6.45) is 6.57. The molecule has 0 atom stereocenters. The molecule has 1 N–H and O–H groups in total. The van der Waals surface area contributed by atoms with E-state index in [-0.39, 0.29) is 0 Å². The van der Waals surface area contributed by atoms with Crippen LogP contribution in [0.3, 0.4) is 0 Å². The minimum atomic E-state index is 0.513. The maximum Gasteiger partial charge on any atom is 0.131 e. The molecule has 1 aromatic heterocycles. The van der Waals surface area contributed by atoms with Gasteiger partial charge in [-0.3, -0.25) is 4.68 Å². The van der Waals surface area contributed by atoms with Gasteiger partial charge in [0.1, 0.15) is 5.82 Å². The number of anilines is 1. The van der Waals surface area contributed by atoms with Crippen molar-refractivity contribution in [2.24, 2.45) is 12.5 Å². The normalized spacial score (nSPS) is 21.2. The molecule has 0 bridgehead atoms. The molecule has 0 spiro atoms. The number of aromatic nitrogens is 2. The van der Waals surface area contributed by atoms with Gasteiger partial charge in [0.15, 0.2) is 0 Å². The zero-order valence-corrected chi connectivity index (χ0v) is 14.1. The molecule has 0 amide bonds. The maximum absolute atomic E-state index is 4.69. The van der Waals surface area contributed by atoms with E-state index < -0.39 is 0 Å². The van der Waals surface area contributed by atoms with Crippen molar-refractivity contribution in [1.82, 2.24) is 15.1 Å². The highest BCUT2D eigenvalue weighted by Crippen LogP contribution is 2.40. The van der Waals surface area contributed by atoms with Gasteiger partial charge in [-0.15, -0.1) is 0 Å². The van der Waals surface area contributed by atoms with Gasteiger partial charge in [-0.1, -0.05) is 13.8 Å². The van der Waals surface area contributed by atoms with E-state index in [0.717, 1.165) is 12.6 Å². The second-order valence-corrected chi connectivity index (χ2v) is 7.05.